The molecule has 0 saturated heterocycles. The van der Waals surface area contributed by atoms with Crippen LogP contribution in [0.15, 0.2) is 76.5 Å². The predicted octanol–water partition coefficient (Wildman–Crippen LogP) is 4.85. The first-order valence-corrected chi connectivity index (χ1v) is 10.9. The topological polar surface area (TPSA) is 73.0 Å². The Labute approximate surface area is 182 Å². The molecule has 4 aromatic rings. The summed E-state index contributed by atoms with van der Waals surface area (Å²) < 4.78 is 21.8. The molecule has 2 aromatic carbocycles. The van der Waals surface area contributed by atoms with E-state index in [-0.39, 0.29) is 17.8 Å². The van der Waals surface area contributed by atoms with Crippen molar-refractivity contribution in [1.82, 2.24) is 20.1 Å². The van der Waals surface area contributed by atoms with Crippen LogP contribution in [0.4, 0.5) is 4.39 Å². The van der Waals surface area contributed by atoms with Crippen LogP contribution in [0.1, 0.15) is 28.8 Å². The smallest absolute Gasteiger partial charge is 0.251 e. The first kappa shape index (κ1) is 19.6. The number of carbonyl (C=O) groups excluding carboxylic acids is 1. The molecule has 1 aliphatic rings. The molecule has 5 rings (SSSR count). The summed E-state index contributed by atoms with van der Waals surface area (Å²) in [6, 6.07) is 17.8. The molecule has 2 heterocycles. The first-order valence-electron chi connectivity index (χ1n) is 9.96. The number of para-hydroxylation sites is 1. The zero-order valence-electron chi connectivity index (χ0n) is 16.5. The number of hydrogen-bond acceptors (Lipinski definition) is 5. The van der Waals surface area contributed by atoms with Crippen LogP contribution in [-0.4, -0.2) is 26.7 Å². The first-order chi connectivity index (χ1) is 15.2. The molecule has 1 fully saturated rings. The fourth-order valence-electron chi connectivity index (χ4n) is 3.28. The van der Waals surface area contributed by atoms with Gasteiger partial charge in [0.05, 0.1) is 12.0 Å². The fourth-order valence-corrected chi connectivity index (χ4v) is 4.23. The maximum absolute atomic E-state index is 14.6. The van der Waals surface area contributed by atoms with Gasteiger partial charge in [0, 0.05) is 17.4 Å². The highest BCUT2D eigenvalue weighted by Crippen LogP contribution is 2.31. The average molecular weight is 434 g/mol. The summed E-state index contributed by atoms with van der Waals surface area (Å²) in [6.45, 7) is 0. The Morgan fingerprint density at radius 1 is 1.10 bits per heavy atom. The number of aromatic nitrogens is 3. The summed E-state index contributed by atoms with van der Waals surface area (Å²) in [5.41, 5.74) is 1.86. The van der Waals surface area contributed by atoms with Crippen molar-refractivity contribution in [3.63, 3.8) is 0 Å². The van der Waals surface area contributed by atoms with E-state index < -0.39 is 0 Å². The molecular weight excluding hydrogens is 415 g/mol. The van der Waals surface area contributed by atoms with Crippen molar-refractivity contribution in [3.8, 4) is 17.3 Å². The number of benzene rings is 2. The second-order valence-corrected chi connectivity index (χ2v) is 8.21. The molecule has 0 spiro atoms. The Bertz CT molecular complexity index is 1220. The van der Waals surface area contributed by atoms with Gasteiger partial charge in [-0.05, 0) is 48.7 Å². The van der Waals surface area contributed by atoms with Crippen LogP contribution in [0.25, 0.3) is 17.3 Å². The second kappa shape index (κ2) is 8.39. The van der Waals surface area contributed by atoms with Crippen molar-refractivity contribution in [2.75, 3.05) is 0 Å². The molecule has 0 unspecified atom stereocenters. The van der Waals surface area contributed by atoms with E-state index in [9.17, 15) is 9.18 Å². The molecule has 1 saturated carbocycles. The van der Waals surface area contributed by atoms with Gasteiger partial charge in [-0.25, -0.2) is 4.39 Å². The number of rotatable bonds is 7. The maximum Gasteiger partial charge on any atom is 0.251 e. The van der Waals surface area contributed by atoms with Crippen LogP contribution < -0.4 is 5.32 Å². The molecular formula is C23H19FN4O2S. The lowest BCUT2D eigenvalue weighted by molar-refractivity contribution is 0.0950. The van der Waals surface area contributed by atoms with Crippen LogP contribution >= 0.6 is 11.8 Å². The summed E-state index contributed by atoms with van der Waals surface area (Å²) in [5.74, 6) is 0.940. The number of furan rings is 1. The quantitative estimate of drug-likeness (QED) is 0.421. The lowest BCUT2D eigenvalue weighted by Gasteiger charge is -2.12. The van der Waals surface area contributed by atoms with Crippen LogP contribution in [-0.2, 0) is 5.75 Å². The molecule has 31 heavy (non-hydrogen) atoms. The Kier molecular flexibility index (Phi) is 5.30. The van der Waals surface area contributed by atoms with E-state index in [2.05, 4.69) is 15.5 Å². The average Bonchev–Trinajstić information content (AvgIpc) is 3.26. The van der Waals surface area contributed by atoms with Gasteiger partial charge in [-0.3, -0.25) is 9.36 Å². The van der Waals surface area contributed by atoms with Crippen molar-refractivity contribution in [2.24, 2.45) is 0 Å². The third-order valence-corrected chi connectivity index (χ3v) is 5.98. The molecule has 0 aliphatic heterocycles. The number of carbonyl (C=O) groups is 1. The van der Waals surface area contributed by atoms with Crippen molar-refractivity contribution < 1.29 is 13.6 Å². The van der Waals surface area contributed by atoms with E-state index in [1.165, 1.54) is 24.1 Å². The van der Waals surface area contributed by atoms with Gasteiger partial charge in [-0.2, -0.15) is 0 Å². The molecule has 1 N–H and O–H groups in total. The summed E-state index contributed by atoms with van der Waals surface area (Å²) >= 11 is 1.39. The minimum absolute atomic E-state index is 0.0643. The fraction of sp³-hybridized carbons (Fsp3) is 0.174. The molecule has 1 aliphatic carbocycles. The van der Waals surface area contributed by atoms with Crippen molar-refractivity contribution in [2.45, 2.75) is 29.8 Å². The number of hydrogen-bond donors (Lipinski definition) is 1. The van der Waals surface area contributed by atoms with Gasteiger partial charge < -0.3 is 9.73 Å². The van der Waals surface area contributed by atoms with E-state index >= 15 is 0 Å². The lowest BCUT2D eigenvalue weighted by Crippen LogP contribution is -2.26. The normalized spacial score (nSPS) is 13.3. The van der Waals surface area contributed by atoms with Crippen LogP contribution in [0.5, 0.6) is 0 Å². The van der Waals surface area contributed by atoms with Gasteiger partial charge >= 0.3 is 0 Å². The highest BCUT2D eigenvalue weighted by molar-refractivity contribution is 7.98. The molecule has 2 aromatic heterocycles. The van der Waals surface area contributed by atoms with Gasteiger partial charge in [0.2, 0.25) is 5.82 Å². The SMILES string of the molecule is O=C(NC1CC1)c1ccccc1CSc1nnc(-c2ccco2)n1-c1ccccc1F. The Balaban J connectivity index is 1.47. The number of halogens is 1. The molecule has 8 heteroatoms. The summed E-state index contributed by atoms with van der Waals surface area (Å²) in [5, 5.41) is 12.1. The van der Waals surface area contributed by atoms with Crippen LogP contribution in [0.2, 0.25) is 0 Å². The van der Waals surface area contributed by atoms with Crippen LogP contribution in [0.3, 0.4) is 0 Å². The number of thioether (sulfide) groups is 1. The number of nitrogens with one attached hydrogen (secondary N) is 1. The summed E-state index contributed by atoms with van der Waals surface area (Å²) in [6.07, 6.45) is 3.60. The van der Waals surface area contributed by atoms with Gasteiger partial charge in [0.25, 0.3) is 5.91 Å². The Hall–Kier alpha value is -3.39. The van der Waals surface area contributed by atoms with E-state index in [1.54, 1.807) is 34.9 Å². The lowest BCUT2D eigenvalue weighted by atomic mass is 10.1. The minimum atomic E-state index is -0.388. The van der Waals surface area contributed by atoms with Gasteiger partial charge in [0.15, 0.2) is 10.9 Å². The summed E-state index contributed by atoms with van der Waals surface area (Å²) in [4.78, 5) is 12.6. The highest BCUT2D eigenvalue weighted by atomic mass is 32.2. The molecule has 0 bridgehead atoms. The zero-order valence-corrected chi connectivity index (χ0v) is 17.3. The van der Waals surface area contributed by atoms with Gasteiger partial charge in [0.1, 0.15) is 5.82 Å². The number of amides is 1. The second-order valence-electron chi connectivity index (χ2n) is 7.26. The van der Waals surface area contributed by atoms with E-state index in [1.807, 2.05) is 24.3 Å². The Morgan fingerprint density at radius 3 is 2.68 bits per heavy atom. The zero-order chi connectivity index (χ0) is 21.2. The molecule has 156 valence electrons. The van der Waals surface area contributed by atoms with Gasteiger partial charge in [-0.1, -0.05) is 42.1 Å². The third-order valence-electron chi connectivity index (χ3n) is 5.00. The van der Waals surface area contributed by atoms with Crippen molar-refractivity contribution in [1.29, 1.82) is 0 Å². The summed E-state index contributed by atoms with van der Waals surface area (Å²) in [7, 11) is 0. The predicted molar refractivity (Wildman–Crippen MR) is 116 cm³/mol. The van der Waals surface area contributed by atoms with Crippen LogP contribution in [0, 0.1) is 5.82 Å². The number of nitrogens with zero attached hydrogens (tertiary/aromatic N) is 3. The molecule has 0 radical (unpaired) electrons. The van der Waals surface area contributed by atoms with Crippen molar-refractivity contribution >= 4 is 17.7 Å². The molecule has 0 atom stereocenters. The standard InChI is InChI=1S/C23H19FN4O2S/c24-18-8-3-4-9-19(18)28-21(20-10-5-13-30-20)26-27-23(28)31-14-15-6-1-2-7-17(15)22(29)25-16-11-12-16/h1-10,13,16H,11-12,14H2,(H,25,29). The molecule has 6 nitrogen and oxygen atoms in total. The maximum atomic E-state index is 14.6. The van der Waals surface area contributed by atoms with E-state index in [0.717, 1.165) is 18.4 Å². The minimum Gasteiger partial charge on any atom is -0.461 e. The largest absolute Gasteiger partial charge is 0.461 e. The molecule has 1 amide bonds. The Morgan fingerprint density at radius 2 is 1.90 bits per heavy atom. The monoisotopic (exact) mass is 434 g/mol. The van der Waals surface area contributed by atoms with Gasteiger partial charge in [-0.15, -0.1) is 10.2 Å². The van der Waals surface area contributed by atoms with E-state index in [4.69, 9.17) is 4.42 Å². The van der Waals surface area contributed by atoms with Crippen molar-refractivity contribution in [3.05, 3.63) is 83.9 Å². The van der Waals surface area contributed by atoms with E-state index in [0.29, 0.717) is 33.7 Å². The third kappa shape index (κ3) is 4.11. The highest BCUT2D eigenvalue weighted by Gasteiger charge is 2.25.